The highest BCUT2D eigenvalue weighted by Crippen LogP contribution is 2.47. The van der Waals surface area contributed by atoms with E-state index < -0.39 is 0 Å². The van der Waals surface area contributed by atoms with Gasteiger partial charge in [-0.15, -0.1) is 0 Å². The Labute approximate surface area is 175 Å². The van der Waals surface area contributed by atoms with Gasteiger partial charge in [0.15, 0.2) is 5.78 Å². The number of carbonyl (C=O) groups is 1. The Balaban J connectivity index is 1.43. The number of ketones is 1. The molecule has 6 rings (SSSR count). The first-order valence-electron chi connectivity index (χ1n) is 10.3. The van der Waals surface area contributed by atoms with Gasteiger partial charge in [0.05, 0.1) is 11.6 Å². The molecule has 0 bridgehead atoms. The SMILES string of the molecule is N#Cc1cccc(-c2ccc3c(c2)C(=O)C2(C3)Cc3cccc4cccc(c34)C2)c1. The van der Waals surface area contributed by atoms with E-state index in [1.807, 2.05) is 24.3 Å². The summed E-state index contributed by atoms with van der Waals surface area (Å²) >= 11 is 0. The number of hydrogen-bond donors (Lipinski definition) is 0. The van der Waals surface area contributed by atoms with Crippen LogP contribution < -0.4 is 0 Å². The van der Waals surface area contributed by atoms with E-state index >= 15 is 0 Å². The molecule has 0 aliphatic heterocycles. The van der Waals surface area contributed by atoms with E-state index in [1.54, 1.807) is 6.07 Å². The number of Topliss-reactive ketones (excluding diaryl/α,β-unsaturated/α-hetero) is 1. The van der Waals surface area contributed by atoms with Gasteiger partial charge in [0.25, 0.3) is 0 Å². The van der Waals surface area contributed by atoms with Crippen molar-refractivity contribution in [2.75, 3.05) is 0 Å². The van der Waals surface area contributed by atoms with Crippen molar-refractivity contribution in [3.8, 4) is 17.2 Å². The van der Waals surface area contributed by atoms with Crippen LogP contribution in [0.3, 0.4) is 0 Å². The minimum Gasteiger partial charge on any atom is -0.294 e. The van der Waals surface area contributed by atoms with E-state index in [4.69, 9.17) is 0 Å². The lowest BCUT2D eigenvalue weighted by Gasteiger charge is -2.33. The molecule has 0 amide bonds. The van der Waals surface area contributed by atoms with Crippen LogP contribution in [0.2, 0.25) is 0 Å². The van der Waals surface area contributed by atoms with Crippen LogP contribution in [0.1, 0.15) is 32.6 Å². The van der Waals surface area contributed by atoms with Gasteiger partial charge in [-0.1, -0.05) is 60.7 Å². The van der Waals surface area contributed by atoms with E-state index in [-0.39, 0.29) is 11.2 Å². The lowest BCUT2D eigenvalue weighted by atomic mass is 9.68. The van der Waals surface area contributed by atoms with Gasteiger partial charge in [0.1, 0.15) is 0 Å². The summed E-state index contributed by atoms with van der Waals surface area (Å²) in [6, 6.07) is 28.9. The average Bonchev–Trinajstić information content (AvgIpc) is 3.04. The third kappa shape index (κ3) is 2.39. The molecular weight excluding hydrogens is 366 g/mol. The molecule has 0 radical (unpaired) electrons. The molecule has 2 aliphatic rings. The maximum absolute atomic E-state index is 13.8. The molecule has 142 valence electrons. The Bertz CT molecular complexity index is 1370. The number of nitriles is 1. The van der Waals surface area contributed by atoms with Crippen molar-refractivity contribution in [1.29, 1.82) is 5.26 Å². The molecule has 4 aromatic carbocycles. The van der Waals surface area contributed by atoms with E-state index in [0.29, 0.717) is 5.56 Å². The lowest BCUT2D eigenvalue weighted by Crippen LogP contribution is -2.35. The highest BCUT2D eigenvalue weighted by atomic mass is 16.1. The van der Waals surface area contributed by atoms with Gasteiger partial charge in [-0.2, -0.15) is 5.26 Å². The first-order valence-corrected chi connectivity index (χ1v) is 10.3. The fourth-order valence-corrected chi connectivity index (χ4v) is 5.49. The summed E-state index contributed by atoms with van der Waals surface area (Å²) in [5, 5.41) is 11.8. The zero-order valence-electron chi connectivity index (χ0n) is 16.5. The van der Waals surface area contributed by atoms with Crippen LogP contribution in [0.25, 0.3) is 21.9 Å². The summed E-state index contributed by atoms with van der Waals surface area (Å²) in [7, 11) is 0. The highest BCUT2D eigenvalue weighted by molar-refractivity contribution is 6.07. The molecular formula is C28H19NO. The molecule has 0 heterocycles. The van der Waals surface area contributed by atoms with Gasteiger partial charge < -0.3 is 0 Å². The highest BCUT2D eigenvalue weighted by Gasteiger charge is 2.47. The maximum Gasteiger partial charge on any atom is 0.170 e. The largest absolute Gasteiger partial charge is 0.294 e. The Hall–Kier alpha value is -3.70. The molecule has 2 heteroatoms. The topological polar surface area (TPSA) is 40.9 Å². The van der Waals surface area contributed by atoms with Crippen molar-refractivity contribution < 1.29 is 4.79 Å². The molecule has 0 aromatic heterocycles. The summed E-state index contributed by atoms with van der Waals surface area (Å²) in [6.07, 6.45) is 2.40. The zero-order chi connectivity index (χ0) is 20.3. The van der Waals surface area contributed by atoms with Crippen molar-refractivity contribution in [3.05, 3.63) is 107 Å². The Kier molecular flexibility index (Phi) is 3.52. The van der Waals surface area contributed by atoms with Crippen LogP contribution in [-0.2, 0) is 19.3 Å². The molecule has 2 aliphatic carbocycles. The second-order valence-electron chi connectivity index (χ2n) is 8.64. The third-order valence-corrected chi connectivity index (χ3v) is 6.82. The Morgan fingerprint density at radius 2 is 1.40 bits per heavy atom. The molecule has 2 nitrogen and oxygen atoms in total. The number of carbonyl (C=O) groups excluding carboxylic acids is 1. The number of nitrogens with zero attached hydrogens (tertiary/aromatic N) is 1. The van der Waals surface area contributed by atoms with E-state index in [9.17, 15) is 10.1 Å². The van der Waals surface area contributed by atoms with Crippen molar-refractivity contribution in [2.24, 2.45) is 5.41 Å². The number of fused-ring (bicyclic) bond motifs is 1. The summed E-state index contributed by atoms with van der Waals surface area (Å²) in [6.45, 7) is 0. The normalized spacial score (nSPS) is 15.9. The van der Waals surface area contributed by atoms with Crippen molar-refractivity contribution >= 4 is 16.6 Å². The molecule has 30 heavy (non-hydrogen) atoms. The fourth-order valence-electron chi connectivity index (χ4n) is 5.49. The smallest absolute Gasteiger partial charge is 0.170 e. The molecule has 4 aromatic rings. The van der Waals surface area contributed by atoms with E-state index in [0.717, 1.165) is 41.5 Å². The van der Waals surface area contributed by atoms with Gasteiger partial charge in [-0.3, -0.25) is 4.79 Å². The summed E-state index contributed by atoms with van der Waals surface area (Å²) in [5.74, 6) is 0.266. The number of rotatable bonds is 1. The number of benzene rings is 4. The monoisotopic (exact) mass is 385 g/mol. The van der Waals surface area contributed by atoms with Crippen molar-refractivity contribution in [1.82, 2.24) is 0 Å². The molecule has 0 unspecified atom stereocenters. The van der Waals surface area contributed by atoms with Crippen molar-refractivity contribution in [2.45, 2.75) is 19.3 Å². The molecule has 0 fully saturated rings. The predicted molar refractivity (Wildman–Crippen MR) is 118 cm³/mol. The van der Waals surface area contributed by atoms with Gasteiger partial charge in [-0.25, -0.2) is 0 Å². The van der Waals surface area contributed by atoms with Crippen LogP contribution in [0.5, 0.6) is 0 Å². The van der Waals surface area contributed by atoms with Crippen LogP contribution in [0, 0.1) is 16.7 Å². The van der Waals surface area contributed by atoms with Crippen LogP contribution in [0.4, 0.5) is 0 Å². The minimum atomic E-state index is -0.377. The summed E-state index contributed by atoms with van der Waals surface area (Å²) in [5.41, 5.74) is 6.80. The molecule has 0 N–H and O–H groups in total. The quantitative estimate of drug-likeness (QED) is 0.409. The standard InChI is InChI=1S/C28H19NO/c29-17-18-4-1-7-20(12-18)21-10-11-22-14-28(27(30)25(22)13-21)15-23-8-2-5-19-6-3-9-24(16-28)26(19)23/h1-13H,14-16H2. The number of hydrogen-bond acceptors (Lipinski definition) is 2. The predicted octanol–water partition coefficient (Wildman–Crippen LogP) is 5.90. The van der Waals surface area contributed by atoms with Crippen molar-refractivity contribution in [3.63, 3.8) is 0 Å². The molecule has 0 saturated carbocycles. The summed E-state index contributed by atoms with van der Waals surface area (Å²) < 4.78 is 0. The second kappa shape index (κ2) is 6.15. The first kappa shape index (κ1) is 17.2. The van der Waals surface area contributed by atoms with Crippen LogP contribution in [-0.4, -0.2) is 5.78 Å². The van der Waals surface area contributed by atoms with E-state index in [1.165, 1.54) is 21.9 Å². The van der Waals surface area contributed by atoms with E-state index in [2.05, 4.69) is 54.6 Å². The second-order valence-corrected chi connectivity index (χ2v) is 8.64. The molecule has 0 saturated heterocycles. The fraction of sp³-hybridized carbons (Fsp3) is 0.143. The molecule has 1 spiro atoms. The Morgan fingerprint density at radius 1 is 0.733 bits per heavy atom. The van der Waals surface area contributed by atoms with Gasteiger partial charge >= 0.3 is 0 Å². The Morgan fingerprint density at radius 3 is 2.13 bits per heavy atom. The van der Waals surface area contributed by atoms with Gasteiger partial charge in [0, 0.05) is 11.0 Å². The third-order valence-electron chi connectivity index (χ3n) is 6.82. The van der Waals surface area contributed by atoms with Crippen LogP contribution in [0.15, 0.2) is 78.9 Å². The maximum atomic E-state index is 13.8. The van der Waals surface area contributed by atoms with Gasteiger partial charge in [-0.05, 0) is 76.1 Å². The first-order chi connectivity index (χ1) is 14.7. The van der Waals surface area contributed by atoms with Crippen LogP contribution >= 0.6 is 0 Å². The lowest BCUT2D eigenvalue weighted by molar-refractivity contribution is 0.0814. The minimum absolute atomic E-state index is 0.266. The molecule has 0 atom stereocenters. The zero-order valence-corrected chi connectivity index (χ0v) is 16.5. The average molecular weight is 385 g/mol. The van der Waals surface area contributed by atoms with Gasteiger partial charge in [0.2, 0.25) is 0 Å². The summed E-state index contributed by atoms with van der Waals surface area (Å²) in [4.78, 5) is 13.8.